The Kier molecular flexibility index (Phi) is 3.43. The summed E-state index contributed by atoms with van der Waals surface area (Å²) in [6, 6.07) is 11.4. The fourth-order valence-electron chi connectivity index (χ4n) is 2.56. The molecule has 1 unspecified atom stereocenters. The molecular weight excluding hydrogens is 291 g/mol. The molecule has 6 heteroatoms. The maximum atomic E-state index is 13.6. The molecular formula is C15H15FN2O2S. The first kappa shape index (κ1) is 14.0. The van der Waals surface area contributed by atoms with Crippen LogP contribution in [0.25, 0.3) is 0 Å². The summed E-state index contributed by atoms with van der Waals surface area (Å²) in [5, 5.41) is 0. The summed E-state index contributed by atoms with van der Waals surface area (Å²) in [7, 11) is -3.89. The molecule has 0 saturated carbocycles. The van der Waals surface area contributed by atoms with E-state index in [0.717, 1.165) is 24.1 Å². The molecule has 0 amide bonds. The molecule has 3 N–H and O–H groups in total. The van der Waals surface area contributed by atoms with Crippen molar-refractivity contribution in [3.63, 3.8) is 0 Å². The zero-order valence-electron chi connectivity index (χ0n) is 11.2. The summed E-state index contributed by atoms with van der Waals surface area (Å²) in [4.78, 5) is -0.407. The standard InChI is InChI=1S/C15H15FN2O2S/c16-14-6-5-12(17)8-15(14)21(19,20)18-9-11-7-10-3-1-2-4-13(10)11/h1-6,8,11,18H,7,9,17H2. The van der Waals surface area contributed by atoms with E-state index in [1.54, 1.807) is 0 Å². The summed E-state index contributed by atoms with van der Waals surface area (Å²) in [5.41, 5.74) is 8.12. The number of anilines is 1. The van der Waals surface area contributed by atoms with Crippen molar-refractivity contribution in [1.29, 1.82) is 0 Å². The third-order valence-corrected chi connectivity index (χ3v) is 5.16. The van der Waals surface area contributed by atoms with Gasteiger partial charge in [-0.25, -0.2) is 17.5 Å². The van der Waals surface area contributed by atoms with Crippen LogP contribution in [-0.2, 0) is 16.4 Å². The number of nitrogens with two attached hydrogens (primary N) is 1. The largest absolute Gasteiger partial charge is 0.399 e. The Morgan fingerprint density at radius 2 is 2.00 bits per heavy atom. The quantitative estimate of drug-likeness (QED) is 0.849. The number of nitrogen functional groups attached to an aromatic ring is 1. The highest BCUT2D eigenvalue weighted by molar-refractivity contribution is 7.89. The lowest BCUT2D eigenvalue weighted by atomic mass is 9.78. The van der Waals surface area contributed by atoms with Gasteiger partial charge >= 0.3 is 0 Å². The van der Waals surface area contributed by atoms with E-state index in [2.05, 4.69) is 4.72 Å². The first-order valence-electron chi connectivity index (χ1n) is 6.60. The zero-order valence-corrected chi connectivity index (χ0v) is 12.0. The lowest BCUT2D eigenvalue weighted by Crippen LogP contribution is -2.33. The van der Waals surface area contributed by atoms with Crippen molar-refractivity contribution in [3.05, 3.63) is 59.4 Å². The molecule has 0 aliphatic heterocycles. The summed E-state index contributed by atoms with van der Waals surface area (Å²) in [6.07, 6.45) is 0.831. The Balaban J connectivity index is 1.75. The van der Waals surface area contributed by atoms with Gasteiger partial charge in [0.25, 0.3) is 0 Å². The van der Waals surface area contributed by atoms with Gasteiger partial charge in [-0.2, -0.15) is 0 Å². The van der Waals surface area contributed by atoms with E-state index in [4.69, 9.17) is 5.73 Å². The van der Waals surface area contributed by atoms with Gasteiger partial charge in [0.2, 0.25) is 10.0 Å². The first-order chi connectivity index (χ1) is 9.97. The second-order valence-corrected chi connectivity index (χ2v) is 6.88. The SMILES string of the molecule is Nc1ccc(F)c(S(=O)(=O)NCC2Cc3ccccc32)c1. The van der Waals surface area contributed by atoms with Gasteiger partial charge < -0.3 is 5.73 Å². The summed E-state index contributed by atoms with van der Waals surface area (Å²) < 4.78 is 40.4. The van der Waals surface area contributed by atoms with E-state index in [0.29, 0.717) is 0 Å². The smallest absolute Gasteiger partial charge is 0.243 e. The van der Waals surface area contributed by atoms with Crippen LogP contribution in [0.1, 0.15) is 17.0 Å². The van der Waals surface area contributed by atoms with E-state index in [1.165, 1.54) is 11.6 Å². The summed E-state index contributed by atoms with van der Waals surface area (Å²) in [5.74, 6) is -0.661. The number of rotatable bonds is 4. The average molecular weight is 306 g/mol. The monoisotopic (exact) mass is 306 g/mol. The molecule has 1 aliphatic rings. The Morgan fingerprint density at radius 3 is 2.76 bits per heavy atom. The van der Waals surface area contributed by atoms with Crippen LogP contribution in [0.3, 0.4) is 0 Å². The molecule has 1 atom stereocenters. The van der Waals surface area contributed by atoms with Gasteiger partial charge in [0.15, 0.2) is 0 Å². The van der Waals surface area contributed by atoms with Gasteiger partial charge in [-0.05, 0) is 35.7 Å². The van der Waals surface area contributed by atoms with Gasteiger partial charge in [-0.3, -0.25) is 0 Å². The van der Waals surface area contributed by atoms with E-state index in [1.807, 2.05) is 24.3 Å². The van der Waals surface area contributed by atoms with Gasteiger partial charge in [-0.15, -0.1) is 0 Å². The number of sulfonamides is 1. The van der Waals surface area contributed by atoms with Crippen molar-refractivity contribution < 1.29 is 12.8 Å². The lowest BCUT2D eigenvalue weighted by molar-refractivity contribution is 0.539. The number of benzene rings is 2. The lowest BCUT2D eigenvalue weighted by Gasteiger charge is -2.30. The normalized spacial score (nSPS) is 17.1. The highest BCUT2D eigenvalue weighted by atomic mass is 32.2. The summed E-state index contributed by atoms with van der Waals surface area (Å²) in [6.45, 7) is 0.258. The fraction of sp³-hybridized carbons (Fsp3) is 0.200. The van der Waals surface area contributed by atoms with Crippen LogP contribution in [0.4, 0.5) is 10.1 Å². The van der Waals surface area contributed by atoms with E-state index in [9.17, 15) is 12.8 Å². The van der Waals surface area contributed by atoms with Crippen LogP contribution in [0.5, 0.6) is 0 Å². The second-order valence-electron chi connectivity index (χ2n) is 5.14. The highest BCUT2D eigenvalue weighted by Gasteiger charge is 2.28. The van der Waals surface area contributed by atoms with Crippen LogP contribution in [0.2, 0.25) is 0 Å². The van der Waals surface area contributed by atoms with Gasteiger partial charge in [0, 0.05) is 18.2 Å². The van der Waals surface area contributed by atoms with Gasteiger partial charge in [0.1, 0.15) is 10.7 Å². The number of hydrogen-bond donors (Lipinski definition) is 2. The van der Waals surface area contributed by atoms with Crippen LogP contribution in [0, 0.1) is 5.82 Å². The molecule has 0 fully saturated rings. The highest BCUT2D eigenvalue weighted by Crippen LogP contribution is 2.34. The Labute approximate surface area is 122 Å². The molecule has 1 aliphatic carbocycles. The molecule has 3 rings (SSSR count). The predicted molar refractivity (Wildman–Crippen MR) is 78.9 cm³/mol. The fourth-order valence-corrected chi connectivity index (χ4v) is 3.75. The zero-order chi connectivity index (χ0) is 15.0. The topological polar surface area (TPSA) is 72.2 Å². The van der Waals surface area contributed by atoms with Crippen molar-refractivity contribution in [2.75, 3.05) is 12.3 Å². The number of halogens is 1. The number of fused-ring (bicyclic) bond motifs is 1. The number of nitrogens with one attached hydrogen (secondary N) is 1. The molecule has 21 heavy (non-hydrogen) atoms. The molecule has 0 heterocycles. The minimum absolute atomic E-state index is 0.139. The van der Waals surface area contributed by atoms with Crippen LogP contribution < -0.4 is 10.5 Å². The molecule has 2 aromatic carbocycles. The Hall–Kier alpha value is -1.92. The van der Waals surface area contributed by atoms with Crippen molar-refractivity contribution in [3.8, 4) is 0 Å². The van der Waals surface area contributed by atoms with Crippen molar-refractivity contribution in [1.82, 2.24) is 4.72 Å². The molecule has 0 aromatic heterocycles. The maximum Gasteiger partial charge on any atom is 0.243 e. The molecule has 0 radical (unpaired) electrons. The van der Waals surface area contributed by atoms with Crippen LogP contribution >= 0.6 is 0 Å². The minimum Gasteiger partial charge on any atom is -0.399 e. The molecule has 0 bridgehead atoms. The molecule has 2 aromatic rings. The van der Waals surface area contributed by atoms with E-state index < -0.39 is 20.7 Å². The third kappa shape index (κ3) is 2.64. The minimum atomic E-state index is -3.89. The number of hydrogen-bond acceptors (Lipinski definition) is 3. The third-order valence-electron chi connectivity index (χ3n) is 3.73. The van der Waals surface area contributed by atoms with Crippen molar-refractivity contribution in [2.45, 2.75) is 17.2 Å². The predicted octanol–water partition coefficient (Wildman–Crippen LogP) is 2.03. The Bertz CT molecular complexity index is 790. The second kappa shape index (κ2) is 5.13. The summed E-state index contributed by atoms with van der Waals surface area (Å²) >= 11 is 0. The first-order valence-corrected chi connectivity index (χ1v) is 8.08. The van der Waals surface area contributed by atoms with E-state index >= 15 is 0 Å². The molecule has 0 saturated heterocycles. The van der Waals surface area contributed by atoms with Crippen LogP contribution in [-0.4, -0.2) is 15.0 Å². The molecule has 4 nitrogen and oxygen atoms in total. The van der Waals surface area contributed by atoms with Gasteiger partial charge in [-0.1, -0.05) is 24.3 Å². The Morgan fingerprint density at radius 1 is 1.24 bits per heavy atom. The maximum absolute atomic E-state index is 13.6. The molecule has 110 valence electrons. The van der Waals surface area contributed by atoms with Crippen molar-refractivity contribution in [2.24, 2.45) is 0 Å². The average Bonchev–Trinajstić information content (AvgIpc) is 2.42. The van der Waals surface area contributed by atoms with Gasteiger partial charge in [0.05, 0.1) is 0 Å². The van der Waals surface area contributed by atoms with E-state index in [-0.39, 0.29) is 18.2 Å². The van der Waals surface area contributed by atoms with Crippen molar-refractivity contribution >= 4 is 15.7 Å². The molecule has 0 spiro atoms. The van der Waals surface area contributed by atoms with Crippen LogP contribution in [0.15, 0.2) is 47.4 Å².